The van der Waals surface area contributed by atoms with Crippen molar-refractivity contribution >= 4 is 11.8 Å². The molecule has 0 radical (unpaired) electrons. The number of β-amino-alcohol motifs (C(OH)–C–C–N with tert-alkyl or cyclic N) is 1. The number of carbonyl (C=O) groups is 2. The van der Waals surface area contributed by atoms with Crippen molar-refractivity contribution in [2.75, 3.05) is 6.54 Å². The van der Waals surface area contributed by atoms with Crippen LogP contribution in [0.1, 0.15) is 11.7 Å². The summed E-state index contributed by atoms with van der Waals surface area (Å²) in [6.07, 6.45) is 1.14. The minimum atomic E-state index is -1.12. The van der Waals surface area contributed by atoms with Crippen LogP contribution in [0.15, 0.2) is 30.4 Å². The molecule has 6 heteroatoms. The summed E-state index contributed by atoms with van der Waals surface area (Å²) in [5.74, 6) is -1.64. The van der Waals surface area contributed by atoms with E-state index in [1.54, 1.807) is 0 Å². The van der Waals surface area contributed by atoms with Gasteiger partial charge in [-0.25, -0.2) is 0 Å². The van der Waals surface area contributed by atoms with Crippen molar-refractivity contribution in [3.8, 4) is 11.5 Å². The van der Waals surface area contributed by atoms with Gasteiger partial charge in [0.1, 0.15) is 0 Å². The maximum Gasteiger partial charge on any atom is 0.253 e. The lowest BCUT2D eigenvalue weighted by Gasteiger charge is -2.18. The largest absolute Gasteiger partial charge is 0.504 e. The number of rotatable bonds is 3. The average molecular weight is 249 g/mol. The number of imide groups is 1. The van der Waals surface area contributed by atoms with Crippen LogP contribution in [-0.4, -0.2) is 38.6 Å². The highest BCUT2D eigenvalue weighted by Gasteiger charge is 2.26. The fourth-order valence-electron chi connectivity index (χ4n) is 1.64. The third-order valence-corrected chi connectivity index (χ3v) is 2.64. The van der Waals surface area contributed by atoms with Gasteiger partial charge in [0.25, 0.3) is 11.8 Å². The van der Waals surface area contributed by atoms with Crippen LogP contribution in [0.3, 0.4) is 0 Å². The molecule has 1 aromatic rings. The van der Waals surface area contributed by atoms with Gasteiger partial charge in [0, 0.05) is 12.2 Å². The number of aromatic hydroxyl groups is 2. The van der Waals surface area contributed by atoms with Crippen molar-refractivity contribution in [3.05, 3.63) is 35.9 Å². The number of phenols is 2. The molecule has 1 unspecified atom stereocenters. The van der Waals surface area contributed by atoms with Crippen molar-refractivity contribution in [1.29, 1.82) is 0 Å². The second-order valence-electron chi connectivity index (χ2n) is 3.88. The van der Waals surface area contributed by atoms with E-state index in [2.05, 4.69) is 0 Å². The van der Waals surface area contributed by atoms with E-state index in [-0.39, 0.29) is 18.0 Å². The first-order valence-corrected chi connectivity index (χ1v) is 5.22. The number of hydrogen-bond acceptors (Lipinski definition) is 5. The van der Waals surface area contributed by atoms with Crippen molar-refractivity contribution in [1.82, 2.24) is 4.90 Å². The lowest BCUT2D eigenvalue weighted by atomic mass is 10.1. The minimum absolute atomic E-state index is 0.200. The molecule has 1 aliphatic heterocycles. The SMILES string of the molecule is O=C1C=CC(=O)N1CC(O)c1ccc(O)c(O)c1. The van der Waals surface area contributed by atoms with Gasteiger partial charge in [-0.2, -0.15) is 0 Å². The molecular weight excluding hydrogens is 238 g/mol. The molecule has 0 saturated heterocycles. The number of phenolic OH excluding ortho intramolecular Hbond substituents is 2. The van der Waals surface area contributed by atoms with Crippen LogP contribution in [0, 0.1) is 0 Å². The number of nitrogens with zero attached hydrogens (tertiary/aromatic N) is 1. The Labute approximate surface area is 102 Å². The van der Waals surface area contributed by atoms with E-state index < -0.39 is 17.9 Å². The second-order valence-corrected chi connectivity index (χ2v) is 3.88. The van der Waals surface area contributed by atoms with Crippen molar-refractivity contribution in [3.63, 3.8) is 0 Å². The monoisotopic (exact) mass is 249 g/mol. The van der Waals surface area contributed by atoms with Gasteiger partial charge in [0.2, 0.25) is 0 Å². The molecule has 94 valence electrons. The summed E-state index contributed by atoms with van der Waals surface area (Å²) in [5, 5.41) is 28.3. The molecule has 18 heavy (non-hydrogen) atoms. The number of carbonyl (C=O) groups excluding carboxylic acids is 2. The summed E-state index contributed by atoms with van der Waals surface area (Å²) in [7, 11) is 0. The molecule has 1 aliphatic rings. The Morgan fingerprint density at radius 2 is 1.67 bits per heavy atom. The zero-order chi connectivity index (χ0) is 13.3. The first-order valence-electron chi connectivity index (χ1n) is 5.22. The molecule has 0 aromatic heterocycles. The third kappa shape index (κ3) is 2.18. The fourth-order valence-corrected chi connectivity index (χ4v) is 1.64. The summed E-state index contributed by atoms with van der Waals surface area (Å²) in [6.45, 7) is -0.200. The molecule has 0 spiro atoms. The molecule has 6 nitrogen and oxygen atoms in total. The van der Waals surface area contributed by atoms with Gasteiger partial charge in [-0.1, -0.05) is 6.07 Å². The van der Waals surface area contributed by atoms with Crippen LogP contribution in [0.25, 0.3) is 0 Å². The molecule has 2 rings (SSSR count). The van der Waals surface area contributed by atoms with Gasteiger partial charge >= 0.3 is 0 Å². The molecule has 0 saturated carbocycles. The van der Waals surface area contributed by atoms with E-state index in [0.29, 0.717) is 5.56 Å². The first kappa shape index (κ1) is 12.1. The summed E-state index contributed by atoms with van der Waals surface area (Å²) >= 11 is 0. The number of amides is 2. The average Bonchev–Trinajstić information content (AvgIpc) is 2.64. The van der Waals surface area contributed by atoms with Crippen molar-refractivity contribution in [2.24, 2.45) is 0 Å². The lowest BCUT2D eigenvalue weighted by molar-refractivity contribution is -0.138. The summed E-state index contributed by atoms with van der Waals surface area (Å²) in [6, 6.07) is 3.80. The van der Waals surface area contributed by atoms with Crippen LogP contribution in [0.2, 0.25) is 0 Å². The number of hydrogen-bond donors (Lipinski definition) is 3. The molecule has 3 N–H and O–H groups in total. The summed E-state index contributed by atoms with van der Waals surface area (Å²) in [4.78, 5) is 23.5. The van der Waals surface area contributed by atoms with Crippen LogP contribution >= 0.6 is 0 Å². The van der Waals surface area contributed by atoms with E-state index in [0.717, 1.165) is 17.1 Å². The highest BCUT2D eigenvalue weighted by Crippen LogP contribution is 2.28. The van der Waals surface area contributed by atoms with Gasteiger partial charge in [0.05, 0.1) is 12.6 Å². The molecule has 0 fully saturated rings. The Kier molecular flexibility index (Phi) is 3.03. The first-order chi connectivity index (χ1) is 8.49. The number of aliphatic hydroxyl groups excluding tert-OH is 1. The Bertz CT molecular complexity index is 519. The predicted molar refractivity (Wildman–Crippen MR) is 60.6 cm³/mol. The number of benzene rings is 1. The van der Waals surface area contributed by atoms with Crippen LogP contribution in [0.4, 0.5) is 0 Å². The number of aliphatic hydroxyl groups is 1. The highest BCUT2D eigenvalue weighted by molar-refractivity contribution is 6.12. The maximum atomic E-state index is 11.3. The second kappa shape index (κ2) is 4.50. The minimum Gasteiger partial charge on any atom is -0.504 e. The van der Waals surface area contributed by atoms with E-state index >= 15 is 0 Å². The smallest absolute Gasteiger partial charge is 0.253 e. The third-order valence-electron chi connectivity index (χ3n) is 2.64. The van der Waals surface area contributed by atoms with Crippen LogP contribution in [0.5, 0.6) is 11.5 Å². The molecule has 1 heterocycles. The highest BCUT2D eigenvalue weighted by atomic mass is 16.3. The molecule has 1 aromatic carbocycles. The normalized spacial score (nSPS) is 16.4. The Morgan fingerprint density at radius 1 is 1.06 bits per heavy atom. The van der Waals surface area contributed by atoms with E-state index in [9.17, 15) is 19.8 Å². The molecule has 0 bridgehead atoms. The quantitative estimate of drug-likeness (QED) is 0.519. The van der Waals surface area contributed by atoms with Gasteiger partial charge in [-0.3, -0.25) is 14.5 Å². The standard InChI is InChI=1S/C12H11NO5/c14-8-2-1-7(5-9(8)15)10(16)6-13-11(17)3-4-12(13)18/h1-5,10,14-16H,6H2. The molecule has 1 atom stereocenters. The van der Waals surface area contributed by atoms with E-state index in [4.69, 9.17) is 5.11 Å². The Hall–Kier alpha value is -2.34. The summed E-state index contributed by atoms with van der Waals surface area (Å²) in [5.41, 5.74) is 0.304. The van der Waals surface area contributed by atoms with Crippen molar-refractivity contribution < 1.29 is 24.9 Å². The van der Waals surface area contributed by atoms with Crippen LogP contribution in [-0.2, 0) is 9.59 Å². The topological polar surface area (TPSA) is 98.1 Å². The molecule has 0 aliphatic carbocycles. The fraction of sp³-hybridized carbons (Fsp3) is 0.167. The lowest BCUT2D eigenvalue weighted by Crippen LogP contribution is -2.34. The molecule has 2 amide bonds. The van der Waals surface area contributed by atoms with Gasteiger partial charge in [-0.15, -0.1) is 0 Å². The maximum absolute atomic E-state index is 11.3. The zero-order valence-electron chi connectivity index (χ0n) is 9.28. The predicted octanol–water partition coefficient (Wildman–Crippen LogP) is 0.0562. The summed E-state index contributed by atoms with van der Waals surface area (Å²) < 4.78 is 0. The Morgan fingerprint density at radius 3 is 2.22 bits per heavy atom. The van der Waals surface area contributed by atoms with Crippen molar-refractivity contribution in [2.45, 2.75) is 6.10 Å². The van der Waals surface area contributed by atoms with E-state index in [1.165, 1.54) is 18.2 Å². The van der Waals surface area contributed by atoms with Gasteiger partial charge < -0.3 is 15.3 Å². The van der Waals surface area contributed by atoms with Gasteiger partial charge in [-0.05, 0) is 17.7 Å². The van der Waals surface area contributed by atoms with Gasteiger partial charge in [0.15, 0.2) is 11.5 Å². The Balaban J connectivity index is 2.12. The van der Waals surface area contributed by atoms with Crippen LogP contribution < -0.4 is 0 Å². The molecular formula is C12H11NO5. The van der Waals surface area contributed by atoms with E-state index in [1.807, 2.05) is 0 Å². The zero-order valence-corrected chi connectivity index (χ0v) is 9.28.